The lowest BCUT2D eigenvalue weighted by molar-refractivity contribution is 0.747. The highest BCUT2D eigenvalue weighted by Gasteiger charge is 2.41. The summed E-state index contributed by atoms with van der Waals surface area (Å²) in [6.45, 7) is 0. The second-order valence-corrected chi connectivity index (χ2v) is 6.44. The van der Waals surface area contributed by atoms with Gasteiger partial charge in [0, 0.05) is 17.7 Å². The van der Waals surface area contributed by atoms with Gasteiger partial charge in [0.25, 0.3) is 0 Å². The number of hydrogen-bond donors (Lipinski definition) is 0. The van der Waals surface area contributed by atoms with Crippen LogP contribution < -0.4 is 0 Å². The fraction of sp³-hybridized carbons (Fsp3) is 0.143. The molecule has 0 aliphatic heterocycles. The molecule has 106 valence electrons. The highest BCUT2D eigenvalue weighted by molar-refractivity contribution is 6.17. The van der Waals surface area contributed by atoms with Crippen LogP contribution >= 0.6 is 11.6 Å². The zero-order valence-electron chi connectivity index (χ0n) is 12.1. The Labute approximate surface area is 135 Å². The molecule has 3 aliphatic rings. The van der Waals surface area contributed by atoms with Crippen molar-refractivity contribution in [1.29, 1.82) is 0 Å². The van der Waals surface area contributed by atoms with E-state index in [1.807, 2.05) is 0 Å². The van der Waals surface area contributed by atoms with E-state index in [2.05, 4.69) is 66.7 Å². The van der Waals surface area contributed by atoms with Crippen LogP contribution in [0.3, 0.4) is 0 Å². The Hall–Kier alpha value is -2.05. The minimum Gasteiger partial charge on any atom is -0.122 e. The Balaban J connectivity index is 1.92. The van der Waals surface area contributed by atoms with Crippen LogP contribution in [-0.2, 0) is 5.88 Å². The van der Waals surface area contributed by atoms with Crippen LogP contribution in [0.25, 0.3) is 0 Å². The Morgan fingerprint density at radius 1 is 0.591 bits per heavy atom. The molecule has 2 bridgehead atoms. The van der Waals surface area contributed by atoms with E-state index in [1.165, 1.54) is 38.9 Å². The summed E-state index contributed by atoms with van der Waals surface area (Å²) in [5, 5.41) is 0. The molecule has 0 spiro atoms. The lowest BCUT2D eigenvalue weighted by Crippen LogP contribution is -2.28. The number of alkyl halides is 1. The van der Waals surface area contributed by atoms with Crippen LogP contribution in [0.1, 0.15) is 50.8 Å². The first-order valence-electron chi connectivity index (χ1n) is 7.75. The highest BCUT2D eigenvalue weighted by atomic mass is 35.5. The first kappa shape index (κ1) is 12.5. The topological polar surface area (TPSA) is 0 Å². The van der Waals surface area contributed by atoms with Crippen molar-refractivity contribution in [1.82, 2.24) is 0 Å². The van der Waals surface area contributed by atoms with E-state index in [1.54, 1.807) is 0 Å². The Morgan fingerprint density at radius 3 is 1.64 bits per heavy atom. The summed E-state index contributed by atoms with van der Waals surface area (Å²) in [6.07, 6.45) is 0. The quantitative estimate of drug-likeness (QED) is 0.363. The molecular formula is C21H15Cl. The molecule has 3 aromatic rings. The summed E-state index contributed by atoms with van der Waals surface area (Å²) in [5.74, 6) is 1.27. The largest absolute Gasteiger partial charge is 0.122 e. The standard InChI is InChI=1S/C21H15Cl/c22-12-13-6-5-11-18-19(13)21-16-9-3-1-7-14(16)20(18)15-8-2-4-10-17(15)21/h1-11,20-21H,12H2. The zero-order chi connectivity index (χ0) is 14.7. The van der Waals surface area contributed by atoms with E-state index in [9.17, 15) is 0 Å². The van der Waals surface area contributed by atoms with Crippen LogP contribution in [-0.4, -0.2) is 0 Å². The summed E-state index contributed by atoms with van der Waals surface area (Å²) in [6, 6.07) is 24.4. The summed E-state index contributed by atoms with van der Waals surface area (Å²) in [4.78, 5) is 0. The third-order valence-corrected chi connectivity index (χ3v) is 5.50. The molecular weight excluding hydrogens is 288 g/mol. The van der Waals surface area contributed by atoms with E-state index >= 15 is 0 Å². The van der Waals surface area contributed by atoms with Gasteiger partial charge in [0.15, 0.2) is 0 Å². The molecule has 0 unspecified atom stereocenters. The van der Waals surface area contributed by atoms with Crippen molar-refractivity contribution < 1.29 is 0 Å². The predicted molar refractivity (Wildman–Crippen MR) is 90.8 cm³/mol. The molecule has 0 amide bonds. The maximum atomic E-state index is 6.26. The van der Waals surface area contributed by atoms with Crippen LogP contribution in [0.4, 0.5) is 0 Å². The molecule has 1 heteroatoms. The van der Waals surface area contributed by atoms with Gasteiger partial charge in [0.05, 0.1) is 0 Å². The average molecular weight is 303 g/mol. The molecule has 0 N–H and O–H groups in total. The normalized spacial score (nSPS) is 20.2. The van der Waals surface area contributed by atoms with Crippen LogP contribution in [0.2, 0.25) is 0 Å². The average Bonchev–Trinajstić information content (AvgIpc) is 2.60. The van der Waals surface area contributed by atoms with E-state index in [0.29, 0.717) is 17.7 Å². The Kier molecular flexibility index (Phi) is 2.54. The van der Waals surface area contributed by atoms with E-state index in [-0.39, 0.29) is 0 Å². The third kappa shape index (κ3) is 1.43. The van der Waals surface area contributed by atoms with Crippen molar-refractivity contribution in [3.05, 3.63) is 106 Å². The van der Waals surface area contributed by atoms with Gasteiger partial charge in [0.2, 0.25) is 0 Å². The van der Waals surface area contributed by atoms with Crippen molar-refractivity contribution in [3.63, 3.8) is 0 Å². The molecule has 0 saturated heterocycles. The molecule has 0 fully saturated rings. The Morgan fingerprint density at radius 2 is 1.09 bits per heavy atom. The van der Waals surface area contributed by atoms with E-state index in [0.717, 1.165) is 0 Å². The fourth-order valence-corrected chi connectivity index (χ4v) is 4.64. The summed E-state index contributed by atoms with van der Waals surface area (Å²) < 4.78 is 0. The van der Waals surface area contributed by atoms with E-state index < -0.39 is 0 Å². The van der Waals surface area contributed by atoms with Gasteiger partial charge in [-0.1, -0.05) is 66.7 Å². The first-order valence-corrected chi connectivity index (χ1v) is 8.29. The second kappa shape index (κ2) is 4.47. The molecule has 6 rings (SSSR count). The highest BCUT2D eigenvalue weighted by Crippen LogP contribution is 2.56. The number of hydrogen-bond acceptors (Lipinski definition) is 0. The minimum absolute atomic E-state index is 0.336. The van der Waals surface area contributed by atoms with Crippen molar-refractivity contribution in [3.8, 4) is 0 Å². The molecule has 3 aliphatic carbocycles. The number of rotatable bonds is 1. The SMILES string of the molecule is ClCc1cccc2c1C1c3ccccc3C2c2ccccc21. The number of halogens is 1. The lowest BCUT2D eigenvalue weighted by Gasteiger charge is -2.43. The van der Waals surface area contributed by atoms with Gasteiger partial charge < -0.3 is 0 Å². The van der Waals surface area contributed by atoms with Gasteiger partial charge in [-0.3, -0.25) is 0 Å². The predicted octanol–water partition coefficient (Wildman–Crippen LogP) is 5.41. The molecule has 3 aromatic carbocycles. The Bertz CT molecular complexity index is 846. The van der Waals surface area contributed by atoms with E-state index in [4.69, 9.17) is 11.6 Å². The molecule has 0 nitrogen and oxygen atoms in total. The van der Waals surface area contributed by atoms with Crippen molar-refractivity contribution in [2.45, 2.75) is 17.7 Å². The fourth-order valence-electron chi connectivity index (χ4n) is 4.41. The summed E-state index contributed by atoms with van der Waals surface area (Å²) in [7, 11) is 0. The molecule has 0 radical (unpaired) electrons. The molecule has 0 atom stereocenters. The van der Waals surface area contributed by atoms with Gasteiger partial charge in [-0.15, -0.1) is 11.6 Å². The maximum absolute atomic E-state index is 6.26. The maximum Gasteiger partial charge on any atom is 0.0477 e. The third-order valence-electron chi connectivity index (χ3n) is 5.21. The minimum atomic E-state index is 0.336. The first-order chi connectivity index (χ1) is 10.9. The zero-order valence-corrected chi connectivity index (χ0v) is 12.8. The molecule has 22 heavy (non-hydrogen) atoms. The van der Waals surface area contributed by atoms with Crippen molar-refractivity contribution in [2.75, 3.05) is 0 Å². The smallest absolute Gasteiger partial charge is 0.0477 e. The number of benzene rings is 3. The van der Waals surface area contributed by atoms with Gasteiger partial charge in [-0.25, -0.2) is 0 Å². The van der Waals surface area contributed by atoms with Crippen molar-refractivity contribution >= 4 is 11.6 Å². The van der Waals surface area contributed by atoms with Crippen LogP contribution in [0.5, 0.6) is 0 Å². The van der Waals surface area contributed by atoms with Gasteiger partial charge in [-0.05, 0) is 38.9 Å². The van der Waals surface area contributed by atoms with Gasteiger partial charge in [-0.2, -0.15) is 0 Å². The summed E-state index contributed by atoms with van der Waals surface area (Å²) in [5.41, 5.74) is 10.0. The monoisotopic (exact) mass is 302 g/mol. The van der Waals surface area contributed by atoms with Crippen LogP contribution in [0.15, 0.2) is 66.7 Å². The van der Waals surface area contributed by atoms with Gasteiger partial charge in [0.1, 0.15) is 0 Å². The molecule has 0 saturated carbocycles. The molecule has 0 heterocycles. The van der Waals surface area contributed by atoms with Gasteiger partial charge >= 0.3 is 0 Å². The van der Waals surface area contributed by atoms with Crippen LogP contribution in [0, 0.1) is 0 Å². The second-order valence-electron chi connectivity index (χ2n) is 6.18. The van der Waals surface area contributed by atoms with Crippen molar-refractivity contribution in [2.24, 2.45) is 0 Å². The summed E-state index contributed by atoms with van der Waals surface area (Å²) >= 11 is 6.26. The molecule has 0 aromatic heterocycles. The lowest BCUT2D eigenvalue weighted by atomic mass is 9.60.